The Morgan fingerprint density at radius 3 is 2.27 bits per heavy atom. The Labute approximate surface area is 200 Å². The van der Waals surface area contributed by atoms with Crippen molar-refractivity contribution in [1.82, 2.24) is 5.32 Å². The summed E-state index contributed by atoms with van der Waals surface area (Å²) in [6.07, 6.45) is 0. The molecule has 0 bridgehead atoms. The molecule has 0 heterocycles. The molecule has 0 spiro atoms. The predicted octanol–water partition coefficient (Wildman–Crippen LogP) is 4.79. The van der Waals surface area contributed by atoms with Crippen LogP contribution in [0.5, 0.6) is 5.75 Å². The fourth-order valence-corrected chi connectivity index (χ4v) is 5.39. The Morgan fingerprint density at radius 1 is 0.970 bits per heavy atom. The first-order valence-corrected chi connectivity index (χ1v) is 12.2. The van der Waals surface area contributed by atoms with E-state index in [1.165, 1.54) is 7.11 Å². The van der Waals surface area contributed by atoms with Crippen LogP contribution in [0.1, 0.15) is 22.3 Å². The summed E-state index contributed by atoms with van der Waals surface area (Å²) in [6.45, 7) is 5.35. The van der Waals surface area contributed by atoms with Crippen LogP contribution in [0.4, 0.5) is 5.69 Å². The highest BCUT2D eigenvalue weighted by molar-refractivity contribution is 7.93. The normalized spacial score (nSPS) is 11.2. The first kappa shape index (κ1) is 24.6. The van der Waals surface area contributed by atoms with Gasteiger partial charge in [0.2, 0.25) is 5.91 Å². The molecule has 0 aliphatic heterocycles. The van der Waals surface area contributed by atoms with Gasteiger partial charge >= 0.3 is 0 Å². The molecule has 0 saturated carbocycles. The summed E-state index contributed by atoms with van der Waals surface area (Å²) in [7, 11) is -2.70. The number of carbonyl (C=O) groups is 1. The molecule has 0 atom stereocenters. The van der Waals surface area contributed by atoms with Gasteiger partial charge in [-0.05, 0) is 73.4 Å². The lowest BCUT2D eigenvalue weighted by Crippen LogP contribution is -2.41. The highest BCUT2D eigenvalue weighted by atomic mass is 35.5. The van der Waals surface area contributed by atoms with Crippen LogP contribution in [0, 0.1) is 20.8 Å². The van der Waals surface area contributed by atoms with Gasteiger partial charge in [0, 0.05) is 11.6 Å². The van der Waals surface area contributed by atoms with Gasteiger partial charge in [-0.1, -0.05) is 41.9 Å². The minimum absolute atomic E-state index is 0.00284. The molecule has 0 aromatic heterocycles. The SMILES string of the molecule is COc1ccc(C)cc1S(=O)(=O)N(CC(=O)NCc1ccccc1Cl)c1cc(C)cc(C)c1. The van der Waals surface area contributed by atoms with E-state index in [1.807, 2.05) is 26.0 Å². The number of anilines is 1. The topological polar surface area (TPSA) is 75.7 Å². The van der Waals surface area contributed by atoms with E-state index in [9.17, 15) is 13.2 Å². The van der Waals surface area contributed by atoms with E-state index in [0.29, 0.717) is 10.7 Å². The summed E-state index contributed by atoms with van der Waals surface area (Å²) in [4.78, 5) is 12.9. The lowest BCUT2D eigenvalue weighted by atomic mass is 10.1. The fourth-order valence-electron chi connectivity index (χ4n) is 3.54. The van der Waals surface area contributed by atoms with Gasteiger partial charge in [-0.3, -0.25) is 9.10 Å². The average Bonchev–Trinajstić information content (AvgIpc) is 2.76. The van der Waals surface area contributed by atoms with Crippen molar-refractivity contribution in [2.75, 3.05) is 18.0 Å². The Morgan fingerprint density at radius 2 is 1.64 bits per heavy atom. The minimum Gasteiger partial charge on any atom is -0.495 e. The molecule has 0 fully saturated rings. The number of ether oxygens (including phenoxy) is 1. The van der Waals surface area contributed by atoms with Crippen LogP contribution >= 0.6 is 11.6 Å². The van der Waals surface area contributed by atoms with Crippen LogP contribution in [-0.4, -0.2) is 28.0 Å². The Hall–Kier alpha value is -3.03. The lowest BCUT2D eigenvalue weighted by molar-refractivity contribution is -0.119. The number of nitrogens with one attached hydrogen (secondary N) is 1. The third-order valence-electron chi connectivity index (χ3n) is 5.10. The van der Waals surface area contributed by atoms with Crippen LogP contribution < -0.4 is 14.4 Å². The molecule has 1 N–H and O–H groups in total. The fraction of sp³-hybridized carbons (Fsp3) is 0.240. The van der Waals surface area contributed by atoms with E-state index in [0.717, 1.165) is 26.6 Å². The van der Waals surface area contributed by atoms with Gasteiger partial charge in [0.25, 0.3) is 10.0 Å². The maximum absolute atomic E-state index is 13.8. The molecule has 0 radical (unpaired) electrons. The molecule has 6 nitrogen and oxygen atoms in total. The van der Waals surface area contributed by atoms with E-state index < -0.39 is 22.5 Å². The zero-order valence-corrected chi connectivity index (χ0v) is 20.6. The summed E-state index contributed by atoms with van der Waals surface area (Å²) in [5.74, 6) is -0.240. The first-order valence-electron chi connectivity index (χ1n) is 10.4. The number of rotatable bonds is 8. The van der Waals surface area contributed by atoms with Crippen molar-refractivity contribution in [3.8, 4) is 5.75 Å². The van der Waals surface area contributed by atoms with Gasteiger partial charge < -0.3 is 10.1 Å². The third-order valence-corrected chi connectivity index (χ3v) is 7.27. The summed E-state index contributed by atoms with van der Waals surface area (Å²) < 4.78 is 34.0. The molecule has 33 heavy (non-hydrogen) atoms. The first-order chi connectivity index (χ1) is 15.6. The van der Waals surface area contributed by atoms with Crippen LogP contribution in [0.2, 0.25) is 5.02 Å². The maximum Gasteiger partial charge on any atom is 0.268 e. The second kappa shape index (κ2) is 10.3. The van der Waals surface area contributed by atoms with Gasteiger partial charge in [-0.25, -0.2) is 8.42 Å². The van der Waals surface area contributed by atoms with Gasteiger partial charge in [0.15, 0.2) is 0 Å². The Kier molecular flexibility index (Phi) is 7.66. The molecule has 8 heteroatoms. The molecule has 0 aliphatic carbocycles. The van der Waals surface area contributed by atoms with E-state index in [2.05, 4.69) is 5.32 Å². The monoisotopic (exact) mass is 486 g/mol. The number of carbonyl (C=O) groups excluding carboxylic acids is 1. The second-order valence-electron chi connectivity index (χ2n) is 7.88. The number of benzene rings is 3. The molecule has 0 saturated heterocycles. The van der Waals surface area contributed by atoms with Crippen molar-refractivity contribution in [3.05, 3.63) is 87.9 Å². The van der Waals surface area contributed by atoms with Gasteiger partial charge in [0.05, 0.1) is 12.8 Å². The zero-order chi connectivity index (χ0) is 24.2. The summed E-state index contributed by atoms with van der Waals surface area (Å²) >= 11 is 6.17. The van der Waals surface area contributed by atoms with Crippen molar-refractivity contribution in [2.45, 2.75) is 32.2 Å². The van der Waals surface area contributed by atoms with Crippen molar-refractivity contribution >= 4 is 33.2 Å². The largest absolute Gasteiger partial charge is 0.495 e. The number of sulfonamides is 1. The average molecular weight is 487 g/mol. The molecular formula is C25H27ClN2O4S. The number of halogens is 1. The Balaban J connectivity index is 1.99. The molecule has 0 aliphatic rings. The predicted molar refractivity (Wildman–Crippen MR) is 131 cm³/mol. The molecule has 0 unspecified atom stereocenters. The zero-order valence-electron chi connectivity index (χ0n) is 19.1. The van der Waals surface area contributed by atoms with Gasteiger partial charge in [-0.15, -0.1) is 0 Å². The van der Waals surface area contributed by atoms with E-state index in [4.69, 9.17) is 16.3 Å². The summed E-state index contributed by atoms with van der Waals surface area (Å²) in [5.41, 5.74) is 3.69. The summed E-state index contributed by atoms with van der Waals surface area (Å²) in [6, 6.07) is 17.5. The van der Waals surface area contributed by atoms with Crippen LogP contribution in [-0.2, 0) is 21.4 Å². The second-order valence-corrected chi connectivity index (χ2v) is 10.1. The number of hydrogen-bond donors (Lipinski definition) is 1. The number of hydrogen-bond acceptors (Lipinski definition) is 4. The van der Waals surface area contributed by atoms with E-state index in [-0.39, 0.29) is 17.2 Å². The highest BCUT2D eigenvalue weighted by Gasteiger charge is 2.30. The Bertz CT molecular complexity index is 1250. The minimum atomic E-state index is -4.12. The van der Waals surface area contributed by atoms with Crippen molar-refractivity contribution < 1.29 is 17.9 Å². The quantitative estimate of drug-likeness (QED) is 0.497. The summed E-state index contributed by atoms with van der Waals surface area (Å²) in [5, 5.41) is 3.30. The highest BCUT2D eigenvalue weighted by Crippen LogP contribution is 2.31. The maximum atomic E-state index is 13.8. The number of amides is 1. The standard InChI is InChI=1S/C25H27ClN2O4S/c1-17-9-10-23(32-4)24(14-17)33(30,31)28(21-12-18(2)11-19(3)13-21)16-25(29)27-15-20-7-5-6-8-22(20)26/h5-14H,15-16H2,1-4H3,(H,27,29). The van der Waals surface area contributed by atoms with Gasteiger partial charge in [0.1, 0.15) is 17.2 Å². The van der Waals surface area contributed by atoms with E-state index in [1.54, 1.807) is 55.5 Å². The molecule has 3 aromatic rings. The van der Waals surface area contributed by atoms with E-state index >= 15 is 0 Å². The van der Waals surface area contributed by atoms with Crippen molar-refractivity contribution in [3.63, 3.8) is 0 Å². The third kappa shape index (κ3) is 5.86. The van der Waals surface area contributed by atoms with Crippen LogP contribution in [0.25, 0.3) is 0 Å². The van der Waals surface area contributed by atoms with Crippen LogP contribution in [0.3, 0.4) is 0 Å². The van der Waals surface area contributed by atoms with Crippen molar-refractivity contribution in [1.29, 1.82) is 0 Å². The van der Waals surface area contributed by atoms with Gasteiger partial charge in [-0.2, -0.15) is 0 Å². The number of aryl methyl sites for hydroxylation is 3. The molecular weight excluding hydrogens is 460 g/mol. The molecule has 3 rings (SSSR count). The molecule has 174 valence electrons. The number of nitrogens with zero attached hydrogens (tertiary/aromatic N) is 1. The molecule has 1 amide bonds. The van der Waals surface area contributed by atoms with Crippen LogP contribution in [0.15, 0.2) is 65.6 Å². The lowest BCUT2D eigenvalue weighted by Gasteiger charge is -2.26. The van der Waals surface area contributed by atoms with Crippen molar-refractivity contribution in [2.24, 2.45) is 0 Å². The number of methoxy groups -OCH3 is 1. The smallest absolute Gasteiger partial charge is 0.268 e. The molecule has 3 aromatic carbocycles.